The number of thiophene rings is 1. The predicted octanol–water partition coefficient (Wildman–Crippen LogP) is 5.49. The Balaban J connectivity index is 1.62. The quantitative estimate of drug-likeness (QED) is 0.463. The van der Waals surface area contributed by atoms with Crippen LogP contribution in [0.15, 0.2) is 54.2 Å². The minimum atomic E-state index is 0.628. The lowest BCUT2D eigenvalue weighted by molar-refractivity contribution is 0.417. The number of fused-ring (bicyclic) bond motifs is 1. The van der Waals surface area contributed by atoms with Crippen molar-refractivity contribution in [3.8, 4) is 16.2 Å². The maximum atomic E-state index is 5.60. The lowest BCUT2D eigenvalue weighted by Crippen LogP contribution is -1.99. The van der Waals surface area contributed by atoms with E-state index < -0.39 is 0 Å². The Kier molecular flexibility index (Phi) is 4.37. The summed E-state index contributed by atoms with van der Waals surface area (Å²) in [4.78, 5) is 10.1. The molecule has 2 N–H and O–H groups in total. The van der Waals surface area contributed by atoms with Crippen LogP contribution in [0.5, 0.6) is 5.75 Å². The SMILES string of the molecule is COc1ccc(-c2sccc2C)cc1Nc1ncnc2n[nH]c(C3=CCC=C3)c12. The number of nitrogens with one attached hydrogen (secondary N) is 2. The Bertz CT molecular complexity index is 1270. The minimum absolute atomic E-state index is 0.628. The molecule has 1 aromatic carbocycles. The highest BCUT2D eigenvalue weighted by atomic mass is 32.1. The molecule has 0 amide bonds. The number of allylic oxidation sites excluding steroid dienone is 4. The number of aryl methyl sites for hydroxylation is 1. The number of rotatable bonds is 5. The van der Waals surface area contributed by atoms with Gasteiger partial charge in [0.1, 0.15) is 17.9 Å². The number of hydrogen-bond donors (Lipinski definition) is 2. The zero-order chi connectivity index (χ0) is 19.8. The molecule has 0 fully saturated rings. The van der Waals surface area contributed by atoms with E-state index in [1.165, 1.54) is 16.8 Å². The summed E-state index contributed by atoms with van der Waals surface area (Å²) in [5.41, 5.74) is 5.89. The monoisotopic (exact) mass is 401 g/mol. The molecule has 6 nitrogen and oxygen atoms in total. The van der Waals surface area contributed by atoms with Crippen LogP contribution < -0.4 is 10.1 Å². The second-order valence-corrected chi connectivity index (χ2v) is 7.71. The average molecular weight is 401 g/mol. The second kappa shape index (κ2) is 7.18. The molecule has 7 heteroatoms. The van der Waals surface area contributed by atoms with Gasteiger partial charge in [0.2, 0.25) is 0 Å². The lowest BCUT2D eigenvalue weighted by Gasteiger charge is -2.13. The molecule has 0 saturated carbocycles. The number of methoxy groups -OCH3 is 1. The Labute approximate surface area is 172 Å². The van der Waals surface area contributed by atoms with Crippen molar-refractivity contribution in [3.63, 3.8) is 0 Å². The number of ether oxygens (including phenoxy) is 1. The van der Waals surface area contributed by atoms with E-state index in [2.05, 4.69) is 74.2 Å². The van der Waals surface area contributed by atoms with Gasteiger partial charge in [0.15, 0.2) is 5.65 Å². The van der Waals surface area contributed by atoms with Crippen LogP contribution in [0.3, 0.4) is 0 Å². The fourth-order valence-electron chi connectivity index (χ4n) is 3.55. The van der Waals surface area contributed by atoms with Crippen molar-refractivity contribution in [1.29, 1.82) is 0 Å². The molecular weight excluding hydrogens is 382 g/mol. The molecule has 0 spiro atoms. The van der Waals surface area contributed by atoms with Crippen LogP contribution in [-0.2, 0) is 0 Å². The van der Waals surface area contributed by atoms with E-state index in [0.717, 1.165) is 40.1 Å². The molecular formula is C22H19N5OS. The van der Waals surface area contributed by atoms with E-state index in [9.17, 15) is 0 Å². The van der Waals surface area contributed by atoms with Gasteiger partial charge < -0.3 is 10.1 Å². The second-order valence-electron chi connectivity index (χ2n) is 6.79. The number of aromatic nitrogens is 4. The number of hydrogen-bond acceptors (Lipinski definition) is 6. The number of nitrogens with zero attached hydrogens (tertiary/aromatic N) is 3. The van der Waals surface area contributed by atoms with E-state index in [-0.39, 0.29) is 0 Å². The molecule has 4 aromatic rings. The standard InChI is InChI=1S/C22H19N5OS/c1-13-9-10-29-20(13)15-7-8-17(28-2)16(11-15)25-21-18-19(14-5-3-4-6-14)26-27-22(18)24-12-23-21/h3,5-12H,4H2,1-2H3,(H2,23,24,25,26,27). The zero-order valence-corrected chi connectivity index (χ0v) is 16.9. The minimum Gasteiger partial charge on any atom is -0.495 e. The van der Waals surface area contributed by atoms with E-state index >= 15 is 0 Å². The lowest BCUT2D eigenvalue weighted by atomic mass is 10.1. The summed E-state index contributed by atoms with van der Waals surface area (Å²) in [5, 5.41) is 13.9. The van der Waals surface area contributed by atoms with Crippen molar-refractivity contribution in [2.24, 2.45) is 0 Å². The van der Waals surface area contributed by atoms with Crippen molar-refractivity contribution >= 4 is 39.4 Å². The van der Waals surface area contributed by atoms with Gasteiger partial charge in [-0.15, -0.1) is 11.3 Å². The molecule has 0 radical (unpaired) electrons. The third-order valence-electron chi connectivity index (χ3n) is 4.99. The van der Waals surface area contributed by atoms with Crippen LogP contribution >= 0.6 is 11.3 Å². The zero-order valence-electron chi connectivity index (χ0n) is 16.1. The van der Waals surface area contributed by atoms with Gasteiger partial charge >= 0.3 is 0 Å². The molecule has 0 unspecified atom stereocenters. The predicted molar refractivity (Wildman–Crippen MR) is 118 cm³/mol. The number of aromatic amines is 1. The van der Waals surface area contributed by atoms with Crippen molar-refractivity contribution in [2.75, 3.05) is 12.4 Å². The fourth-order valence-corrected chi connectivity index (χ4v) is 4.47. The van der Waals surface area contributed by atoms with Gasteiger partial charge in [-0.1, -0.05) is 18.2 Å². The first-order valence-electron chi connectivity index (χ1n) is 9.30. The first kappa shape index (κ1) is 17.6. The van der Waals surface area contributed by atoms with Crippen molar-refractivity contribution in [1.82, 2.24) is 20.2 Å². The van der Waals surface area contributed by atoms with Gasteiger partial charge in [-0.3, -0.25) is 5.10 Å². The summed E-state index contributed by atoms with van der Waals surface area (Å²) in [5.74, 6) is 1.44. The van der Waals surface area contributed by atoms with E-state index in [1.54, 1.807) is 18.4 Å². The number of benzene rings is 1. The van der Waals surface area contributed by atoms with Crippen LogP contribution in [0.4, 0.5) is 11.5 Å². The van der Waals surface area contributed by atoms with Gasteiger partial charge in [0.25, 0.3) is 0 Å². The van der Waals surface area contributed by atoms with Gasteiger partial charge in [-0.25, -0.2) is 9.97 Å². The smallest absolute Gasteiger partial charge is 0.186 e. The Morgan fingerprint density at radius 3 is 2.90 bits per heavy atom. The number of H-pyrrole nitrogens is 1. The highest BCUT2D eigenvalue weighted by Crippen LogP contribution is 2.38. The van der Waals surface area contributed by atoms with Crippen LogP contribution in [0.1, 0.15) is 17.7 Å². The summed E-state index contributed by atoms with van der Waals surface area (Å²) in [6.07, 6.45) is 8.81. The van der Waals surface area contributed by atoms with Gasteiger partial charge in [0.05, 0.1) is 23.9 Å². The van der Waals surface area contributed by atoms with Gasteiger partial charge in [-0.2, -0.15) is 5.10 Å². The van der Waals surface area contributed by atoms with Crippen molar-refractivity contribution in [2.45, 2.75) is 13.3 Å². The van der Waals surface area contributed by atoms with Crippen LogP contribution in [-0.4, -0.2) is 27.3 Å². The highest BCUT2D eigenvalue weighted by molar-refractivity contribution is 7.13. The normalized spacial score (nSPS) is 13.1. The topological polar surface area (TPSA) is 75.7 Å². The molecule has 0 bridgehead atoms. The molecule has 0 saturated heterocycles. The van der Waals surface area contributed by atoms with Crippen LogP contribution in [0.25, 0.3) is 27.0 Å². The first-order valence-corrected chi connectivity index (χ1v) is 10.2. The van der Waals surface area contributed by atoms with E-state index in [0.29, 0.717) is 11.5 Å². The molecule has 144 valence electrons. The largest absolute Gasteiger partial charge is 0.495 e. The summed E-state index contributed by atoms with van der Waals surface area (Å²) in [7, 11) is 1.67. The molecule has 0 atom stereocenters. The molecule has 5 rings (SSSR count). The first-order chi connectivity index (χ1) is 14.2. The third kappa shape index (κ3) is 3.09. The van der Waals surface area contributed by atoms with Crippen molar-refractivity contribution in [3.05, 3.63) is 65.5 Å². The molecule has 3 heterocycles. The highest BCUT2D eigenvalue weighted by Gasteiger charge is 2.17. The maximum Gasteiger partial charge on any atom is 0.186 e. The molecule has 3 aromatic heterocycles. The average Bonchev–Trinajstić information content (AvgIpc) is 3.48. The summed E-state index contributed by atoms with van der Waals surface area (Å²) in [6.45, 7) is 2.12. The Morgan fingerprint density at radius 1 is 1.21 bits per heavy atom. The molecule has 1 aliphatic rings. The third-order valence-corrected chi connectivity index (χ3v) is 6.05. The maximum absolute atomic E-state index is 5.60. The van der Waals surface area contributed by atoms with Gasteiger partial charge in [0, 0.05) is 4.88 Å². The van der Waals surface area contributed by atoms with Crippen LogP contribution in [0.2, 0.25) is 0 Å². The molecule has 1 aliphatic carbocycles. The summed E-state index contributed by atoms with van der Waals surface area (Å²) in [6, 6.07) is 8.29. The van der Waals surface area contributed by atoms with Crippen LogP contribution in [0, 0.1) is 6.92 Å². The van der Waals surface area contributed by atoms with Gasteiger partial charge in [-0.05, 0) is 59.7 Å². The summed E-state index contributed by atoms with van der Waals surface area (Å²) >= 11 is 1.73. The van der Waals surface area contributed by atoms with Crippen molar-refractivity contribution < 1.29 is 4.74 Å². The Hall–Kier alpha value is -3.45. The Morgan fingerprint density at radius 2 is 2.14 bits per heavy atom. The number of anilines is 2. The summed E-state index contributed by atoms with van der Waals surface area (Å²) < 4.78 is 5.60. The van der Waals surface area contributed by atoms with E-state index in [1.807, 2.05) is 6.07 Å². The fraction of sp³-hybridized carbons (Fsp3) is 0.136. The van der Waals surface area contributed by atoms with E-state index in [4.69, 9.17) is 4.74 Å². The molecule has 0 aliphatic heterocycles. The molecule has 29 heavy (non-hydrogen) atoms.